The second-order valence-corrected chi connectivity index (χ2v) is 5.80. The predicted octanol–water partition coefficient (Wildman–Crippen LogP) is 3.05. The minimum absolute atomic E-state index is 0.0713. The van der Waals surface area contributed by atoms with Crippen LogP contribution in [0.5, 0.6) is 0 Å². The van der Waals surface area contributed by atoms with E-state index in [1.54, 1.807) is 0 Å². The molecule has 98 valence electrons. The fourth-order valence-electron chi connectivity index (χ4n) is 2.93. The van der Waals surface area contributed by atoms with E-state index in [4.69, 9.17) is 5.26 Å². The number of fused-ring (bicyclic) bond motifs is 1. The van der Waals surface area contributed by atoms with Crippen molar-refractivity contribution < 1.29 is 4.79 Å². The van der Waals surface area contributed by atoms with Crippen molar-refractivity contribution in [3.05, 3.63) is 29.8 Å². The number of amides is 1. The zero-order valence-corrected chi connectivity index (χ0v) is 11.1. The molecule has 3 heteroatoms. The minimum atomic E-state index is 0.0713. The zero-order chi connectivity index (χ0) is 13.3. The molecule has 1 heterocycles. The second-order valence-electron chi connectivity index (χ2n) is 5.80. The number of hydrogen-bond donors (Lipinski definition) is 0. The second kappa shape index (κ2) is 4.70. The van der Waals surface area contributed by atoms with Crippen LogP contribution in [0.15, 0.2) is 24.3 Å². The molecule has 3 rings (SSSR count). The van der Waals surface area contributed by atoms with Crippen LogP contribution >= 0.6 is 0 Å². The van der Waals surface area contributed by atoms with Crippen molar-refractivity contribution in [2.45, 2.75) is 38.5 Å². The SMILES string of the molecule is N#CCC1(CN2C(=O)CCCc3ccccc32)CC1. The number of benzene rings is 1. The first kappa shape index (κ1) is 12.2. The van der Waals surface area contributed by atoms with E-state index >= 15 is 0 Å². The van der Waals surface area contributed by atoms with E-state index in [1.807, 2.05) is 23.1 Å². The smallest absolute Gasteiger partial charge is 0.227 e. The fourth-order valence-corrected chi connectivity index (χ4v) is 2.93. The summed E-state index contributed by atoms with van der Waals surface area (Å²) in [7, 11) is 0. The van der Waals surface area contributed by atoms with Crippen LogP contribution in [-0.4, -0.2) is 12.5 Å². The Labute approximate surface area is 113 Å². The van der Waals surface area contributed by atoms with Crippen LogP contribution in [0, 0.1) is 16.7 Å². The molecule has 0 N–H and O–H groups in total. The molecule has 0 bridgehead atoms. The van der Waals surface area contributed by atoms with E-state index in [-0.39, 0.29) is 11.3 Å². The Hall–Kier alpha value is -1.82. The van der Waals surface area contributed by atoms with E-state index < -0.39 is 0 Å². The minimum Gasteiger partial charge on any atom is -0.312 e. The highest BCUT2D eigenvalue weighted by molar-refractivity contribution is 5.95. The molecular weight excluding hydrogens is 236 g/mol. The molecule has 1 aromatic rings. The molecule has 1 aromatic carbocycles. The maximum absolute atomic E-state index is 12.3. The Balaban J connectivity index is 1.90. The van der Waals surface area contributed by atoms with Crippen LogP contribution in [0.25, 0.3) is 0 Å². The molecule has 1 saturated carbocycles. The Bertz CT molecular complexity index is 540. The van der Waals surface area contributed by atoms with Gasteiger partial charge < -0.3 is 4.90 Å². The number of carbonyl (C=O) groups excluding carboxylic acids is 1. The number of nitrogens with zero attached hydrogens (tertiary/aromatic N) is 2. The quantitative estimate of drug-likeness (QED) is 0.832. The van der Waals surface area contributed by atoms with Crippen LogP contribution in [0.3, 0.4) is 0 Å². The van der Waals surface area contributed by atoms with Crippen LogP contribution in [-0.2, 0) is 11.2 Å². The highest BCUT2D eigenvalue weighted by Gasteiger charge is 2.45. The van der Waals surface area contributed by atoms with Crippen molar-refractivity contribution in [1.82, 2.24) is 0 Å². The molecule has 0 unspecified atom stereocenters. The van der Waals surface area contributed by atoms with Crippen LogP contribution in [0.4, 0.5) is 5.69 Å². The van der Waals surface area contributed by atoms with Crippen LogP contribution < -0.4 is 4.90 Å². The molecule has 1 amide bonds. The largest absolute Gasteiger partial charge is 0.312 e. The molecule has 1 aliphatic carbocycles. The molecule has 2 aliphatic rings. The molecule has 19 heavy (non-hydrogen) atoms. The lowest BCUT2D eigenvalue weighted by Crippen LogP contribution is -2.35. The fraction of sp³-hybridized carbons (Fsp3) is 0.500. The topological polar surface area (TPSA) is 44.1 Å². The summed E-state index contributed by atoms with van der Waals surface area (Å²) in [5.41, 5.74) is 2.40. The molecule has 0 radical (unpaired) electrons. The number of nitriles is 1. The van der Waals surface area contributed by atoms with E-state index in [9.17, 15) is 4.79 Å². The van der Waals surface area contributed by atoms with Gasteiger partial charge in [0.25, 0.3) is 0 Å². The first-order chi connectivity index (χ1) is 9.24. The van der Waals surface area contributed by atoms with Crippen molar-refractivity contribution in [2.75, 3.05) is 11.4 Å². The predicted molar refractivity (Wildman–Crippen MR) is 73.6 cm³/mol. The summed E-state index contributed by atoms with van der Waals surface area (Å²) < 4.78 is 0. The zero-order valence-electron chi connectivity index (χ0n) is 11.1. The van der Waals surface area contributed by atoms with Crippen molar-refractivity contribution in [3.8, 4) is 6.07 Å². The number of anilines is 1. The Morgan fingerprint density at radius 1 is 1.26 bits per heavy atom. The van der Waals surface area contributed by atoms with Crippen LogP contribution in [0.1, 0.15) is 37.7 Å². The van der Waals surface area contributed by atoms with Crippen molar-refractivity contribution in [1.29, 1.82) is 5.26 Å². The van der Waals surface area contributed by atoms with Crippen molar-refractivity contribution in [2.24, 2.45) is 5.41 Å². The van der Waals surface area contributed by atoms with Gasteiger partial charge in [-0.15, -0.1) is 0 Å². The maximum atomic E-state index is 12.3. The lowest BCUT2D eigenvalue weighted by atomic mass is 10.0. The van der Waals surface area contributed by atoms with Gasteiger partial charge in [0.05, 0.1) is 6.07 Å². The highest BCUT2D eigenvalue weighted by Crippen LogP contribution is 2.50. The Morgan fingerprint density at radius 2 is 2.05 bits per heavy atom. The molecule has 0 saturated heterocycles. The monoisotopic (exact) mass is 254 g/mol. The number of rotatable bonds is 3. The molecule has 1 aliphatic heterocycles. The normalized spacial score (nSPS) is 20.4. The van der Waals surface area contributed by atoms with Gasteiger partial charge in [0.1, 0.15) is 0 Å². The van der Waals surface area contributed by atoms with E-state index in [0.29, 0.717) is 12.8 Å². The van der Waals surface area contributed by atoms with Gasteiger partial charge in [-0.05, 0) is 37.3 Å². The summed E-state index contributed by atoms with van der Waals surface area (Å²) in [6.45, 7) is 0.719. The highest BCUT2D eigenvalue weighted by atomic mass is 16.2. The maximum Gasteiger partial charge on any atom is 0.227 e. The first-order valence-electron chi connectivity index (χ1n) is 6.99. The van der Waals surface area contributed by atoms with Gasteiger partial charge in [0, 0.05) is 30.5 Å². The molecule has 0 spiro atoms. The lowest BCUT2D eigenvalue weighted by molar-refractivity contribution is -0.118. The van der Waals surface area contributed by atoms with Crippen molar-refractivity contribution in [3.63, 3.8) is 0 Å². The summed E-state index contributed by atoms with van der Waals surface area (Å²) >= 11 is 0. The summed E-state index contributed by atoms with van der Waals surface area (Å²) in [6.07, 6.45) is 5.25. The number of carbonyl (C=O) groups is 1. The number of hydrogen-bond acceptors (Lipinski definition) is 2. The third kappa shape index (κ3) is 2.35. The van der Waals surface area contributed by atoms with Gasteiger partial charge in [-0.1, -0.05) is 18.2 Å². The van der Waals surface area contributed by atoms with E-state index in [1.165, 1.54) is 5.56 Å². The third-order valence-corrected chi connectivity index (χ3v) is 4.32. The number of aryl methyl sites for hydroxylation is 1. The number of para-hydroxylation sites is 1. The molecule has 3 nitrogen and oxygen atoms in total. The average molecular weight is 254 g/mol. The van der Waals surface area contributed by atoms with Crippen LogP contribution in [0.2, 0.25) is 0 Å². The summed E-state index contributed by atoms with van der Waals surface area (Å²) in [5.74, 6) is 0.217. The third-order valence-electron chi connectivity index (χ3n) is 4.32. The van der Waals surface area contributed by atoms with E-state index in [0.717, 1.165) is 37.9 Å². The van der Waals surface area contributed by atoms with Gasteiger partial charge in [-0.25, -0.2) is 0 Å². The molecular formula is C16H18N2O. The Morgan fingerprint density at radius 3 is 2.79 bits per heavy atom. The van der Waals surface area contributed by atoms with Gasteiger partial charge in [-0.3, -0.25) is 4.79 Å². The van der Waals surface area contributed by atoms with Crippen molar-refractivity contribution >= 4 is 11.6 Å². The van der Waals surface area contributed by atoms with Gasteiger partial charge in [-0.2, -0.15) is 5.26 Å². The van der Waals surface area contributed by atoms with Gasteiger partial charge >= 0.3 is 0 Å². The molecule has 0 aromatic heterocycles. The van der Waals surface area contributed by atoms with Gasteiger partial charge in [0.15, 0.2) is 0 Å². The summed E-state index contributed by atoms with van der Waals surface area (Å²) in [6, 6.07) is 10.5. The summed E-state index contributed by atoms with van der Waals surface area (Å²) in [4.78, 5) is 14.3. The van der Waals surface area contributed by atoms with Gasteiger partial charge in [0.2, 0.25) is 5.91 Å². The standard InChI is InChI=1S/C16H18N2O/c17-11-10-16(8-9-16)12-18-14-6-2-1-4-13(14)5-3-7-15(18)19/h1-2,4,6H,3,5,7-10,12H2. The average Bonchev–Trinajstić information content (AvgIpc) is 3.18. The molecule has 0 atom stereocenters. The summed E-state index contributed by atoms with van der Waals surface area (Å²) in [5, 5.41) is 8.93. The molecule has 1 fully saturated rings. The lowest BCUT2D eigenvalue weighted by Gasteiger charge is -2.27. The van der Waals surface area contributed by atoms with E-state index in [2.05, 4.69) is 12.1 Å². The Kier molecular flexibility index (Phi) is 3.02. The first-order valence-corrected chi connectivity index (χ1v) is 6.99.